The predicted octanol–water partition coefficient (Wildman–Crippen LogP) is 6.65. The summed E-state index contributed by atoms with van der Waals surface area (Å²) in [6.07, 6.45) is 5.36. The molecule has 2 aliphatic carbocycles. The molecule has 1 aromatic carbocycles. The summed E-state index contributed by atoms with van der Waals surface area (Å²) in [5, 5.41) is 8.66. The molecule has 0 bridgehead atoms. The van der Waals surface area contributed by atoms with Crippen molar-refractivity contribution in [3.8, 4) is 5.75 Å². The molecule has 3 rings (SSSR count). The van der Waals surface area contributed by atoms with Crippen LogP contribution >= 0.6 is 0 Å². The quantitative estimate of drug-likeness (QED) is 0.286. The number of carbonyl (C=O) groups is 2. The first-order chi connectivity index (χ1) is 15.2. The summed E-state index contributed by atoms with van der Waals surface area (Å²) in [4.78, 5) is 23.1. The van der Waals surface area contributed by atoms with Gasteiger partial charge in [-0.15, -0.1) is 0 Å². The minimum atomic E-state index is -4.05. The molecule has 2 fully saturated rings. The number of carbonyl (C=O) groups excluding carboxylic acids is 1. The Hall–Kier alpha value is -2.31. The molecule has 0 heterocycles. The number of halogens is 3. The van der Waals surface area contributed by atoms with Gasteiger partial charge in [-0.2, -0.15) is 13.2 Å². The molecule has 0 aliphatic heterocycles. The zero-order chi connectivity index (χ0) is 23.1. The number of esters is 1. The van der Waals surface area contributed by atoms with Crippen LogP contribution in [0.2, 0.25) is 0 Å². The summed E-state index contributed by atoms with van der Waals surface area (Å²) in [6.45, 7) is 0. The lowest BCUT2D eigenvalue weighted by Crippen LogP contribution is -2.30. The average molecular weight is 453 g/mol. The van der Waals surface area contributed by atoms with Crippen molar-refractivity contribution < 1.29 is 32.6 Å². The van der Waals surface area contributed by atoms with Crippen LogP contribution in [0.1, 0.15) is 69.8 Å². The van der Waals surface area contributed by atoms with Gasteiger partial charge in [0.1, 0.15) is 5.75 Å². The zero-order valence-corrected chi connectivity index (χ0v) is 18.2. The van der Waals surface area contributed by atoms with Gasteiger partial charge < -0.3 is 9.84 Å². The van der Waals surface area contributed by atoms with Crippen LogP contribution in [-0.4, -0.2) is 23.2 Å². The SMILES string of the molecule is O=C(O)/C=C/c1ccc(OC(=O)C2CCC(C3CCC(CCC(F)(F)F)CC3)CC2)cc1. The van der Waals surface area contributed by atoms with E-state index >= 15 is 0 Å². The number of rotatable bonds is 7. The molecule has 2 aliphatic rings. The van der Waals surface area contributed by atoms with Crippen molar-refractivity contribution in [2.24, 2.45) is 23.7 Å². The van der Waals surface area contributed by atoms with Crippen LogP contribution in [0.3, 0.4) is 0 Å². The van der Waals surface area contributed by atoms with Gasteiger partial charge in [0, 0.05) is 12.5 Å². The highest BCUT2D eigenvalue weighted by atomic mass is 19.4. The smallest absolute Gasteiger partial charge is 0.389 e. The first-order valence-electron chi connectivity index (χ1n) is 11.5. The van der Waals surface area contributed by atoms with E-state index in [-0.39, 0.29) is 24.2 Å². The van der Waals surface area contributed by atoms with Crippen LogP contribution in [0.4, 0.5) is 13.2 Å². The first kappa shape index (κ1) is 24.3. The van der Waals surface area contributed by atoms with Crippen molar-refractivity contribution in [1.82, 2.24) is 0 Å². The Morgan fingerprint density at radius 3 is 2.03 bits per heavy atom. The molecular weight excluding hydrogens is 421 g/mol. The van der Waals surface area contributed by atoms with E-state index in [4.69, 9.17) is 9.84 Å². The van der Waals surface area contributed by atoms with Crippen LogP contribution in [0.15, 0.2) is 30.3 Å². The van der Waals surface area contributed by atoms with Crippen molar-refractivity contribution in [3.63, 3.8) is 0 Å². The summed E-state index contributed by atoms with van der Waals surface area (Å²) in [5.74, 6) is 0.398. The number of benzene rings is 1. The Morgan fingerprint density at radius 1 is 0.938 bits per heavy atom. The fraction of sp³-hybridized carbons (Fsp3) is 0.600. The number of carboxylic acid groups (broad SMARTS) is 1. The number of aliphatic carboxylic acids is 1. The van der Waals surface area contributed by atoms with Gasteiger partial charge in [0.25, 0.3) is 0 Å². The van der Waals surface area contributed by atoms with E-state index in [9.17, 15) is 22.8 Å². The van der Waals surface area contributed by atoms with E-state index in [1.807, 2.05) is 0 Å². The van der Waals surface area contributed by atoms with Crippen LogP contribution in [0, 0.1) is 23.7 Å². The van der Waals surface area contributed by atoms with E-state index in [2.05, 4.69) is 0 Å². The van der Waals surface area contributed by atoms with Crippen LogP contribution in [-0.2, 0) is 9.59 Å². The highest BCUT2D eigenvalue weighted by Crippen LogP contribution is 2.43. The summed E-state index contributed by atoms with van der Waals surface area (Å²) in [5.41, 5.74) is 0.709. The van der Waals surface area contributed by atoms with Gasteiger partial charge >= 0.3 is 18.1 Å². The van der Waals surface area contributed by atoms with Crippen molar-refractivity contribution in [1.29, 1.82) is 0 Å². The molecule has 7 heteroatoms. The molecule has 0 atom stereocenters. The Morgan fingerprint density at radius 2 is 1.50 bits per heavy atom. The van der Waals surface area contributed by atoms with E-state index in [1.54, 1.807) is 24.3 Å². The molecule has 176 valence electrons. The second-order valence-electron chi connectivity index (χ2n) is 9.21. The van der Waals surface area contributed by atoms with E-state index < -0.39 is 18.6 Å². The lowest BCUT2D eigenvalue weighted by molar-refractivity contribution is -0.141. The minimum absolute atomic E-state index is 0.124. The maximum atomic E-state index is 12.5. The molecule has 0 saturated heterocycles. The van der Waals surface area contributed by atoms with E-state index in [0.29, 0.717) is 23.1 Å². The standard InChI is InChI=1S/C25H31F3O4/c26-25(27,28)16-15-18-1-6-19(7-2-18)20-8-10-21(11-9-20)24(31)32-22-12-3-17(4-13-22)5-14-23(29)30/h3-5,12-14,18-21H,1-2,6-11,15-16H2,(H,29,30)/b14-5+. The molecule has 1 aromatic rings. The molecule has 0 amide bonds. The molecule has 0 spiro atoms. The summed E-state index contributed by atoms with van der Waals surface area (Å²) >= 11 is 0. The number of ether oxygens (including phenoxy) is 1. The predicted molar refractivity (Wildman–Crippen MR) is 115 cm³/mol. The highest BCUT2D eigenvalue weighted by molar-refractivity contribution is 5.85. The van der Waals surface area contributed by atoms with Gasteiger partial charge in [-0.1, -0.05) is 25.0 Å². The largest absolute Gasteiger partial charge is 0.478 e. The third-order valence-electron chi connectivity index (χ3n) is 7.02. The third kappa shape index (κ3) is 7.68. The number of hydrogen-bond donors (Lipinski definition) is 1. The van der Waals surface area contributed by atoms with Crippen LogP contribution < -0.4 is 4.74 Å². The first-order valence-corrected chi connectivity index (χ1v) is 11.5. The fourth-order valence-electron chi connectivity index (χ4n) is 5.16. The van der Waals surface area contributed by atoms with Gasteiger partial charge in [0.15, 0.2) is 0 Å². The van der Waals surface area contributed by atoms with Gasteiger partial charge in [-0.3, -0.25) is 4.79 Å². The third-order valence-corrected chi connectivity index (χ3v) is 7.02. The second kappa shape index (κ2) is 11.0. The lowest BCUT2D eigenvalue weighted by atomic mass is 9.68. The molecule has 0 unspecified atom stereocenters. The zero-order valence-electron chi connectivity index (χ0n) is 18.2. The number of alkyl halides is 3. The van der Waals surface area contributed by atoms with Gasteiger partial charge in [0.05, 0.1) is 5.92 Å². The normalized spacial score (nSPS) is 26.7. The van der Waals surface area contributed by atoms with Gasteiger partial charge in [0.2, 0.25) is 0 Å². The maximum absolute atomic E-state index is 12.5. The minimum Gasteiger partial charge on any atom is -0.478 e. The number of carboxylic acids is 1. The maximum Gasteiger partial charge on any atom is 0.389 e. The Bertz CT molecular complexity index is 784. The summed E-state index contributed by atoms with van der Waals surface area (Å²) in [7, 11) is 0. The van der Waals surface area contributed by atoms with Crippen LogP contribution in [0.25, 0.3) is 6.08 Å². The van der Waals surface area contributed by atoms with Crippen molar-refractivity contribution in [2.45, 2.75) is 70.4 Å². The molecular formula is C25H31F3O4. The second-order valence-corrected chi connectivity index (χ2v) is 9.21. The number of hydrogen-bond acceptors (Lipinski definition) is 3. The average Bonchev–Trinajstić information content (AvgIpc) is 2.77. The molecule has 1 N–H and O–H groups in total. The van der Waals surface area contributed by atoms with Crippen molar-refractivity contribution >= 4 is 18.0 Å². The van der Waals surface area contributed by atoms with Crippen molar-refractivity contribution in [3.05, 3.63) is 35.9 Å². The lowest BCUT2D eigenvalue weighted by Gasteiger charge is -2.37. The monoisotopic (exact) mass is 452 g/mol. The molecule has 4 nitrogen and oxygen atoms in total. The summed E-state index contributed by atoms with van der Waals surface area (Å²) in [6, 6.07) is 6.71. The Labute approximate surface area is 186 Å². The fourth-order valence-corrected chi connectivity index (χ4v) is 5.16. The highest BCUT2D eigenvalue weighted by Gasteiger charge is 2.35. The van der Waals surface area contributed by atoms with E-state index in [1.165, 1.54) is 6.08 Å². The van der Waals surface area contributed by atoms with E-state index in [0.717, 1.165) is 57.4 Å². The Kier molecular flexibility index (Phi) is 8.38. The van der Waals surface area contributed by atoms with Crippen molar-refractivity contribution in [2.75, 3.05) is 0 Å². The molecule has 2 saturated carbocycles. The van der Waals surface area contributed by atoms with Crippen LogP contribution in [0.5, 0.6) is 5.75 Å². The molecule has 0 aromatic heterocycles. The molecule has 0 radical (unpaired) electrons. The molecule has 32 heavy (non-hydrogen) atoms. The topological polar surface area (TPSA) is 63.6 Å². The summed E-state index contributed by atoms with van der Waals surface area (Å²) < 4.78 is 42.8. The van der Waals surface area contributed by atoms with Gasteiger partial charge in [-0.05, 0) is 86.5 Å². The van der Waals surface area contributed by atoms with Gasteiger partial charge in [-0.25, -0.2) is 4.79 Å². The Balaban J connectivity index is 1.39.